The number of carbonyl (C=O) groups is 1. The van der Waals surface area contributed by atoms with Gasteiger partial charge in [0.05, 0.1) is 30.3 Å². The van der Waals surface area contributed by atoms with E-state index in [1.54, 1.807) is 13.2 Å². The molecule has 2 aromatic carbocycles. The van der Waals surface area contributed by atoms with Crippen LogP contribution in [0.4, 0.5) is 15.9 Å². The molecule has 0 unspecified atom stereocenters. The zero-order chi connectivity index (χ0) is 24.4. The minimum Gasteiger partial charge on any atom is -0.493 e. The summed E-state index contributed by atoms with van der Waals surface area (Å²) in [5.74, 6) is 1.39. The first-order chi connectivity index (χ1) is 17.0. The summed E-state index contributed by atoms with van der Waals surface area (Å²) in [7, 11) is 1.60. The van der Waals surface area contributed by atoms with E-state index in [-0.39, 0.29) is 17.0 Å². The molecule has 2 N–H and O–H groups in total. The van der Waals surface area contributed by atoms with E-state index in [4.69, 9.17) is 21.1 Å². The van der Waals surface area contributed by atoms with Gasteiger partial charge in [-0.05, 0) is 49.9 Å². The number of rotatable bonds is 6. The molecule has 0 spiro atoms. The maximum Gasteiger partial charge on any atom is 0.234 e. The van der Waals surface area contributed by atoms with Crippen LogP contribution in [0.1, 0.15) is 25.7 Å². The predicted octanol–water partition coefficient (Wildman–Crippen LogP) is 4.30. The fourth-order valence-electron chi connectivity index (χ4n) is 4.80. The third-order valence-electron chi connectivity index (χ3n) is 6.62. The number of benzene rings is 2. The summed E-state index contributed by atoms with van der Waals surface area (Å²) in [5, 5.41) is 6.85. The van der Waals surface area contributed by atoms with Crippen LogP contribution in [0.2, 0.25) is 5.02 Å². The van der Waals surface area contributed by atoms with Gasteiger partial charge in [-0.15, -0.1) is 0 Å². The first kappa shape index (κ1) is 23.6. The smallest absolute Gasteiger partial charge is 0.234 e. The number of halogens is 2. The van der Waals surface area contributed by atoms with Crippen molar-refractivity contribution in [2.24, 2.45) is 0 Å². The van der Waals surface area contributed by atoms with Gasteiger partial charge in [-0.2, -0.15) is 0 Å². The van der Waals surface area contributed by atoms with Crippen molar-refractivity contribution in [2.75, 3.05) is 32.1 Å². The molecule has 35 heavy (non-hydrogen) atoms. The minimum atomic E-state index is -0.483. The number of piperazine rings is 1. The molecule has 0 bridgehead atoms. The standard InChI is InChI=1S/C25H27ClFN5O3/c1-34-22-12-21-18(25(30-14-29-21)31-15-2-7-20(27)19(26)10-15)11-23(22)35-17-5-3-16(4-6-17)32-9-8-28-24(33)13-32/h2,7,10-12,14,16-17H,3-6,8-9,13H2,1H3,(H,28,33)(H,29,30,31)/t16-,17+. The average molecular weight is 500 g/mol. The number of hydrogen-bond acceptors (Lipinski definition) is 7. The highest BCUT2D eigenvalue weighted by molar-refractivity contribution is 6.31. The first-order valence-electron chi connectivity index (χ1n) is 11.7. The summed E-state index contributed by atoms with van der Waals surface area (Å²) in [6, 6.07) is 8.52. The Morgan fingerprint density at radius 1 is 1.14 bits per heavy atom. The van der Waals surface area contributed by atoms with Crippen molar-refractivity contribution in [3.05, 3.63) is 47.5 Å². The van der Waals surface area contributed by atoms with Crippen LogP contribution in [0, 0.1) is 5.82 Å². The molecule has 2 aliphatic rings. The lowest BCUT2D eigenvalue weighted by Crippen LogP contribution is -2.52. The van der Waals surface area contributed by atoms with E-state index in [9.17, 15) is 9.18 Å². The van der Waals surface area contributed by atoms with E-state index in [2.05, 4.69) is 25.5 Å². The molecule has 5 rings (SSSR count). The Balaban J connectivity index is 1.33. The largest absolute Gasteiger partial charge is 0.493 e. The number of carbonyl (C=O) groups excluding carboxylic acids is 1. The molecule has 10 heteroatoms. The Morgan fingerprint density at radius 3 is 2.71 bits per heavy atom. The fraction of sp³-hybridized carbons (Fsp3) is 0.400. The van der Waals surface area contributed by atoms with Crippen LogP contribution >= 0.6 is 11.6 Å². The van der Waals surface area contributed by atoms with Gasteiger partial charge in [-0.25, -0.2) is 14.4 Å². The summed E-state index contributed by atoms with van der Waals surface area (Å²) in [6.07, 6.45) is 5.26. The van der Waals surface area contributed by atoms with Crippen molar-refractivity contribution in [1.82, 2.24) is 20.2 Å². The Labute approximate surface area is 207 Å². The Hall–Kier alpha value is -3.17. The van der Waals surface area contributed by atoms with Crippen LogP contribution in [0.25, 0.3) is 10.9 Å². The van der Waals surface area contributed by atoms with Gasteiger partial charge in [-0.3, -0.25) is 9.69 Å². The van der Waals surface area contributed by atoms with E-state index in [0.717, 1.165) is 37.6 Å². The van der Waals surface area contributed by atoms with Gasteiger partial charge in [0.2, 0.25) is 5.91 Å². The highest BCUT2D eigenvalue weighted by Crippen LogP contribution is 2.37. The maximum absolute atomic E-state index is 13.6. The molecule has 1 aliphatic heterocycles. The topological polar surface area (TPSA) is 88.6 Å². The van der Waals surface area contributed by atoms with Gasteiger partial charge in [0.25, 0.3) is 0 Å². The van der Waals surface area contributed by atoms with Gasteiger partial charge < -0.3 is 20.1 Å². The lowest BCUT2D eigenvalue weighted by atomic mass is 9.91. The van der Waals surface area contributed by atoms with Crippen molar-refractivity contribution < 1.29 is 18.7 Å². The zero-order valence-electron chi connectivity index (χ0n) is 19.4. The predicted molar refractivity (Wildman–Crippen MR) is 132 cm³/mol. The number of ether oxygens (including phenoxy) is 2. The number of fused-ring (bicyclic) bond motifs is 1. The summed E-state index contributed by atoms with van der Waals surface area (Å²) < 4.78 is 25.6. The number of aromatic nitrogens is 2. The summed E-state index contributed by atoms with van der Waals surface area (Å²) in [4.78, 5) is 22.8. The second-order valence-electron chi connectivity index (χ2n) is 8.87. The summed E-state index contributed by atoms with van der Waals surface area (Å²) >= 11 is 5.93. The molecule has 3 aromatic rings. The van der Waals surface area contributed by atoms with Gasteiger partial charge >= 0.3 is 0 Å². The van der Waals surface area contributed by atoms with Gasteiger partial charge in [0, 0.05) is 36.3 Å². The monoisotopic (exact) mass is 499 g/mol. The van der Waals surface area contributed by atoms with Crippen molar-refractivity contribution >= 4 is 39.9 Å². The highest BCUT2D eigenvalue weighted by Gasteiger charge is 2.30. The third-order valence-corrected chi connectivity index (χ3v) is 6.91. The molecule has 0 atom stereocenters. The number of nitrogens with zero attached hydrogens (tertiary/aromatic N) is 3. The van der Waals surface area contributed by atoms with Gasteiger partial charge in [0.15, 0.2) is 11.5 Å². The number of hydrogen-bond donors (Lipinski definition) is 2. The molecular formula is C25H27ClFN5O3. The van der Waals surface area contributed by atoms with Crippen molar-refractivity contribution in [2.45, 2.75) is 37.8 Å². The van der Waals surface area contributed by atoms with Crippen LogP contribution in [0.15, 0.2) is 36.7 Å². The van der Waals surface area contributed by atoms with Crippen LogP contribution in [-0.4, -0.2) is 59.7 Å². The average Bonchev–Trinajstić information content (AvgIpc) is 2.87. The first-order valence-corrected chi connectivity index (χ1v) is 12.1. The lowest BCUT2D eigenvalue weighted by Gasteiger charge is -2.38. The van der Waals surface area contributed by atoms with Gasteiger partial charge in [0.1, 0.15) is 18.0 Å². The number of amides is 1. The zero-order valence-corrected chi connectivity index (χ0v) is 20.1. The number of anilines is 2. The fourth-order valence-corrected chi connectivity index (χ4v) is 4.98. The Bertz CT molecular complexity index is 1240. The van der Waals surface area contributed by atoms with E-state index >= 15 is 0 Å². The number of nitrogens with one attached hydrogen (secondary N) is 2. The van der Waals surface area contributed by atoms with E-state index in [1.165, 1.54) is 18.5 Å². The normalized spacial score (nSPS) is 20.9. The van der Waals surface area contributed by atoms with Crippen molar-refractivity contribution in [3.8, 4) is 11.5 Å². The molecule has 2 heterocycles. The second kappa shape index (κ2) is 10.2. The molecular weight excluding hydrogens is 473 g/mol. The second-order valence-corrected chi connectivity index (χ2v) is 9.27. The molecule has 184 valence electrons. The molecule has 1 saturated carbocycles. The Kier molecular flexibility index (Phi) is 6.88. The molecule has 1 saturated heterocycles. The van der Waals surface area contributed by atoms with Crippen LogP contribution < -0.4 is 20.1 Å². The van der Waals surface area contributed by atoms with E-state index < -0.39 is 5.82 Å². The SMILES string of the molecule is COc1cc2ncnc(Nc3ccc(F)c(Cl)c3)c2cc1O[C@H]1CC[C@@H](N2CCNC(=O)C2)CC1. The van der Waals surface area contributed by atoms with E-state index in [1.807, 2.05) is 12.1 Å². The summed E-state index contributed by atoms with van der Waals surface area (Å²) in [6.45, 7) is 2.09. The summed E-state index contributed by atoms with van der Waals surface area (Å²) in [5.41, 5.74) is 1.30. The molecule has 8 nitrogen and oxygen atoms in total. The minimum absolute atomic E-state index is 0.0276. The van der Waals surface area contributed by atoms with Crippen LogP contribution in [0.3, 0.4) is 0 Å². The van der Waals surface area contributed by atoms with Crippen molar-refractivity contribution in [3.63, 3.8) is 0 Å². The molecule has 1 amide bonds. The number of methoxy groups -OCH3 is 1. The highest BCUT2D eigenvalue weighted by atomic mass is 35.5. The quantitative estimate of drug-likeness (QED) is 0.523. The molecule has 0 radical (unpaired) electrons. The van der Waals surface area contributed by atoms with E-state index in [0.29, 0.717) is 47.7 Å². The molecule has 1 aromatic heterocycles. The van der Waals surface area contributed by atoms with Crippen LogP contribution in [0.5, 0.6) is 11.5 Å². The van der Waals surface area contributed by atoms with Crippen molar-refractivity contribution in [1.29, 1.82) is 0 Å². The lowest BCUT2D eigenvalue weighted by molar-refractivity contribution is -0.125. The third kappa shape index (κ3) is 5.26. The van der Waals surface area contributed by atoms with Crippen LogP contribution in [-0.2, 0) is 4.79 Å². The molecule has 1 aliphatic carbocycles. The maximum atomic E-state index is 13.6. The molecule has 2 fully saturated rings. The van der Waals surface area contributed by atoms with Gasteiger partial charge in [-0.1, -0.05) is 11.6 Å². The Morgan fingerprint density at radius 2 is 1.97 bits per heavy atom.